The van der Waals surface area contributed by atoms with Crippen LogP contribution >= 0.6 is 0 Å². The van der Waals surface area contributed by atoms with Crippen molar-refractivity contribution in [2.45, 2.75) is 58.4 Å². The van der Waals surface area contributed by atoms with E-state index >= 15 is 0 Å². The summed E-state index contributed by atoms with van der Waals surface area (Å²) in [5, 5.41) is 3.48. The van der Waals surface area contributed by atoms with Crippen LogP contribution in [0.3, 0.4) is 0 Å². The number of halogens is 1. The lowest BCUT2D eigenvalue weighted by molar-refractivity contribution is 0.123. The van der Waals surface area contributed by atoms with Crippen molar-refractivity contribution in [2.24, 2.45) is 0 Å². The van der Waals surface area contributed by atoms with Crippen LogP contribution < -0.4 is 5.32 Å². The molecule has 1 aromatic carbocycles. The van der Waals surface area contributed by atoms with Gasteiger partial charge < -0.3 is 10.1 Å². The molecule has 1 N–H and O–H groups in total. The van der Waals surface area contributed by atoms with Crippen molar-refractivity contribution in [3.8, 4) is 0 Å². The van der Waals surface area contributed by atoms with Gasteiger partial charge in [0.05, 0.1) is 0 Å². The highest BCUT2D eigenvalue weighted by Gasteiger charge is 2.18. The number of unbranched alkanes of at least 4 members (excludes halogenated alkanes) is 1. The van der Waals surface area contributed by atoms with E-state index < -0.39 is 0 Å². The van der Waals surface area contributed by atoms with Gasteiger partial charge in [-0.2, -0.15) is 0 Å². The van der Waals surface area contributed by atoms with Crippen molar-refractivity contribution in [3.63, 3.8) is 0 Å². The summed E-state index contributed by atoms with van der Waals surface area (Å²) in [5.74, 6) is 0.0267. The van der Waals surface area contributed by atoms with Crippen molar-refractivity contribution in [1.29, 1.82) is 0 Å². The van der Waals surface area contributed by atoms with Crippen LogP contribution in [-0.2, 0) is 4.74 Å². The van der Waals surface area contributed by atoms with Crippen LogP contribution in [0.15, 0.2) is 24.3 Å². The van der Waals surface area contributed by atoms with E-state index in [1.165, 1.54) is 6.07 Å². The first-order valence-electron chi connectivity index (χ1n) is 8.01. The summed E-state index contributed by atoms with van der Waals surface area (Å²) in [7, 11) is 0. The highest BCUT2D eigenvalue weighted by Crippen LogP contribution is 2.23. The fraction of sp³-hybridized carbons (Fsp3) is 0.667. The van der Waals surface area contributed by atoms with Crippen LogP contribution in [0.25, 0.3) is 0 Å². The third-order valence-electron chi connectivity index (χ3n) is 3.48. The molecule has 0 heterocycles. The topological polar surface area (TPSA) is 21.3 Å². The Kier molecular flexibility index (Phi) is 7.91. The normalized spacial score (nSPS) is 13.4. The molecule has 1 rings (SSSR count). The molecule has 0 bridgehead atoms. The van der Waals surface area contributed by atoms with Gasteiger partial charge in [-0.15, -0.1) is 0 Å². The zero-order valence-corrected chi connectivity index (χ0v) is 13.9. The van der Waals surface area contributed by atoms with E-state index in [-0.39, 0.29) is 17.3 Å². The number of hydrogen-bond acceptors (Lipinski definition) is 2. The molecule has 1 aromatic rings. The summed E-state index contributed by atoms with van der Waals surface area (Å²) in [6.07, 6.45) is 3.07. The summed E-state index contributed by atoms with van der Waals surface area (Å²) in [4.78, 5) is 0. The Bertz CT molecular complexity index is 400. The van der Waals surface area contributed by atoms with Crippen LogP contribution in [0.2, 0.25) is 0 Å². The van der Waals surface area contributed by atoms with Gasteiger partial charge in [0, 0.05) is 31.2 Å². The third kappa shape index (κ3) is 7.58. The predicted octanol–water partition coefficient (Wildman–Crippen LogP) is 4.50. The lowest BCUT2D eigenvalue weighted by Gasteiger charge is -2.26. The molecule has 0 aromatic heterocycles. The van der Waals surface area contributed by atoms with Gasteiger partial charge in [0.2, 0.25) is 0 Å². The molecule has 0 radical (unpaired) electrons. The molecule has 3 heteroatoms. The van der Waals surface area contributed by atoms with Crippen molar-refractivity contribution >= 4 is 0 Å². The Morgan fingerprint density at radius 2 is 1.90 bits per heavy atom. The summed E-state index contributed by atoms with van der Waals surface area (Å²) in [5.41, 5.74) is 0.820. The quantitative estimate of drug-likeness (QED) is 0.677. The molecular formula is C18H30FNO. The fourth-order valence-corrected chi connectivity index (χ4v) is 2.18. The van der Waals surface area contributed by atoms with Crippen molar-refractivity contribution in [1.82, 2.24) is 5.32 Å². The Morgan fingerprint density at radius 3 is 2.52 bits per heavy atom. The minimum absolute atomic E-state index is 0.0343. The first-order chi connectivity index (χ1) is 9.94. The highest BCUT2D eigenvalue weighted by molar-refractivity contribution is 5.22. The van der Waals surface area contributed by atoms with E-state index in [9.17, 15) is 4.39 Å². The molecule has 0 aliphatic carbocycles. The molecule has 1 atom stereocenters. The van der Waals surface area contributed by atoms with Crippen molar-refractivity contribution in [3.05, 3.63) is 35.6 Å². The first-order valence-corrected chi connectivity index (χ1v) is 8.01. The average Bonchev–Trinajstić information content (AvgIpc) is 2.42. The fourth-order valence-electron chi connectivity index (χ4n) is 2.18. The van der Waals surface area contributed by atoms with Gasteiger partial charge in [0.25, 0.3) is 0 Å². The number of rotatable bonds is 9. The second kappa shape index (κ2) is 9.16. The Morgan fingerprint density at radius 1 is 1.19 bits per heavy atom. The van der Waals surface area contributed by atoms with Gasteiger partial charge in [0.1, 0.15) is 5.82 Å². The summed E-state index contributed by atoms with van der Waals surface area (Å²) in [6.45, 7) is 10.8. The van der Waals surface area contributed by atoms with E-state index in [0.717, 1.165) is 38.0 Å². The first kappa shape index (κ1) is 18.1. The van der Waals surface area contributed by atoms with Crippen LogP contribution in [0.5, 0.6) is 0 Å². The SMILES string of the molecule is CCCCOCCC(CNC(C)(C)C)c1ccccc1F. The molecule has 120 valence electrons. The van der Waals surface area contributed by atoms with Crippen LogP contribution in [-0.4, -0.2) is 25.3 Å². The standard InChI is InChI=1S/C18H30FNO/c1-5-6-12-21-13-11-15(14-20-18(2,3)4)16-9-7-8-10-17(16)19/h7-10,15,20H,5-6,11-14H2,1-4H3. The molecule has 0 aliphatic heterocycles. The van der Waals surface area contributed by atoms with Crippen molar-refractivity contribution < 1.29 is 9.13 Å². The maximum Gasteiger partial charge on any atom is 0.126 e. The van der Waals surface area contributed by atoms with Gasteiger partial charge in [-0.25, -0.2) is 4.39 Å². The van der Waals surface area contributed by atoms with E-state index in [1.807, 2.05) is 12.1 Å². The maximum atomic E-state index is 14.0. The second-order valence-electron chi connectivity index (χ2n) is 6.60. The zero-order chi connectivity index (χ0) is 15.7. The molecule has 0 saturated heterocycles. The number of benzene rings is 1. The molecule has 1 unspecified atom stereocenters. The molecule has 2 nitrogen and oxygen atoms in total. The number of ether oxygens (including phenoxy) is 1. The number of hydrogen-bond donors (Lipinski definition) is 1. The van der Waals surface area contributed by atoms with Crippen LogP contribution in [0, 0.1) is 5.82 Å². The monoisotopic (exact) mass is 295 g/mol. The van der Waals surface area contributed by atoms with Gasteiger partial charge >= 0.3 is 0 Å². The summed E-state index contributed by atoms with van der Waals surface area (Å²) >= 11 is 0. The molecule has 21 heavy (non-hydrogen) atoms. The predicted molar refractivity (Wildman–Crippen MR) is 87.2 cm³/mol. The summed E-state index contributed by atoms with van der Waals surface area (Å²) in [6, 6.07) is 7.07. The Hall–Kier alpha value is -0.930. The highest BCUT2D eigenvalue weighted by atomic mass is 19.1. The molecule has 0 spiro atoms. The Balaban J connectivity index is 2.60. The zero-order valence-electron chi connectivity index (χ0n) is 13.9. The van der Waals surface area contributed by atoms with Crippen molar-refractivity contribution in [2.75, 3.05) is 19.8 Å². The van der Waals surface area contributed by atoms with Gasteiger partial charge in [-0.05, 0) is 45.2 Å². The maximum absolute atomic E-state index is 14.0. The van der Waals surface area contributed by atoms with E-state index in [0.29, 0.717) is 6.61 Å². The van der Waals surface area contributed by atoms with E-state index in [2.05, 4.69) is 33.0 Å². The minimum Gasteiger partial charge on any atom is -0.381 e. The van der Waals surface area contributed by atoms with Crippen LogP contribution in [0.1, 0.15) is 58.4 Å². The van der Waals surface area contributed by atoms with Gasteiger partial charge in [-0.1, -0.05) is 31.5 Å². The van der Waals surface area contributed by atoms with Gasteiger partial charge in [0.15, 0.2) is 0 Å². The van der Waals surface area contributed by atoms with E-state index in [1.54, 1.807) is 6.07 Å². The molecule has 0 aliphatic rings. The summed E-state index contributed by atoms with van der Waals surface area (Å²) < 4.78 is 19.7. The second-order valence-corrected chi connectivity index (χ2v) is 6.60. The molecule has 0 amide bonds. The smallest absolute Gasteiger partial charge is 0.126 e. The average molecular weight is 295 g/mol. The largest absolute Gasteiger partial charge is 0.381 e. The Labute approximate surface area is 129 Å². The molecular weight excluding hydrogens is 265 g/mol. The third-order valence-corrected chi connectivity index (χ3v) is 3.48. The molecule has 0 saturated carbocycles. The van der Waals surface area contributed by atoms with Crippen LogP contribution in [0.4, 0.5) is 4.39 Å². The lowest BCUT2D eigenvalue weighted by atomic mass is 9.94. The molecule has 0 fully saturated rings. The minimum atomic E-state index is -0.119. The number of nitrogens with one attached hydrogen (secondary N) is 1. The van der Waals surface area contributed by atoms with Gasteiger partial charge in [-0.3, -0.25) is 0 Å². The lowest BCUT2D eigenvalue weighted by Crippen LogP contribution is -2.39. The van der Waals surface area contributed by atoms with E-state index in [4.69, 9.17) is 4.74 Å².